The number of nitro groups is 1. The van der Waals surface area contributed by atoms with Gasteiger partial charge in [-0.3, -0.25) is 30.3 Å². The van der Waals surface area contributed by atoms with Crippen molar-refractivity contribution >= 4 is 29.6 Å². The molecule has 0 spiro atoms. The Morgan fingerprint density at radius 1 is 1.07 bits per heavy atom. The summed E-state index contributed by atoms with van der Waals surface area (Å²) in [6, 6.07) is 3.31. The zero-order chi connectivity index (χ0) is 21.5. The monoisotopic (exact) mass is 415 g/mol. The maximum Gasteiger partial charge on any atom is 0.328 e. The van der Waals surface area contributed by atoms with Gasteiger partial charge in [-0.15, -0.1) is 0 Å². The molecule has 1 heterocycles. The average Bonchev–Trinajstić information content (AvgIpc) is 2.71. The van der Waals surface area contributed by atoms with Crippen molar-refractivity contribution < 1.29 is 24.0 Å². The fraction of sp³-hybridized carbons (Fsp3) is 0.476. The quantitative estimate of drug-likeness (QED) is 0.220. The van der Waals surface area contributed by atoms with Crippen molar-refractivity contribution in [2.24, 2.45) is 5.92 Å². The van der Waals surface area contributed by atoms with E-state index in [2.05, 4.69) is 0 Å². The highest BCUT2D eigenvalue weighted by molar-refractivity contribution is 6.31. The Labute approximate surface area is 174 Å². The molecular formula is C21H25N3O6. The molecule has 1 saturated carbocycles. The first kappa shape index (κ1) is 21.5. The van der Waals surface area contributed by atoms with Crippen molar-refractivity contribution in [1.82, 2.24) is 10.6 Å². The Morgan fingerprint density at radius 2 is 1.77 bits per heavy atom. The van der Waals surface area contributed by atoms with Gasteiger partial charge in [0, 0.05) is 6.07 Å². The summed E-state index contributed by atoms with van der Waals surface area (Å²) in [6.07, 6.45) is 10.8. The summed E-state index contributed by atoms with van der Waals surface area (Å²) in [7, 11) is 0. The van der Waals surface area contributed by atoms with Crippen molar-refractivity contribution in [2.75, 3.05) is 6.61 Å². The number of nitrogens with zero attached hydrogens (tertiary/aromatic N) is 1. The second-order valence-electron chi connectivity index (χ2n) is 7.63. The number of hydrogen-bond acceptors (Lipinski definition) is 6. The smallest absolute Gasteiger partial charge is 0.328 e. The normalized spacial score (nSPS) is 17.3. The third kappa shape index (κ3) is 5.65. The van der Waals surface area contributed by atoms with Crippen LogP contribution >= 0.6 is 0 Å². The number of hydrogen-bond donors (Lipinski definition) is 2. The maximum atomic E-state index is 11.8. The lowest BCUT2D eigenvalue weighted by Gasteiger charge is -2.21. The molecule has 9 heteroatoms. The number of unbranched alkanes of at least 4 members (excludes halogenated alkanes) is 1. The SMILES string of the molecule is O=C1NC(=O)C(=Cc2ccc(OCCCCC3CCCCC3)c([N+](=O)[O-])c2)C(=O)N1. The molecular weight excluding hydrogens is 390 g/mol. The second kappa shape index (κ2) is 10.00. The zero-order valence-corrected chi connectivity index (χ0v) is 16.6. The first-order valence-corrected chi connectivity index (χ1v) is 10.2. The molecule has 30 heavy (non-hydrogen) atoms. The molecule has 0 aromatic heterocycles. The Bertz CT molecular complexity index is 851. The van der Waals surface area contributed by atoms with Crippen LogP contribution < -0.4 is 15.4 Å². The van der Waals surface area contributed by atoms with E-state index in [1.807, 2.05) is 10.6 Å². The van der Waals surface area contributed by atoms with E-state index >= 15 is 0 Å². The van der Waals surface area contributed by atoms with Crippen LogP contribution in [-0.2, 0) is 9.59 Å². The van der Waals surface area contributed by atoms with Crippen LogP contribution in [0.3, 0.4) is 0 Å². The van der Waals surface area contributed by atoms with E-state index in [1.165, 1.54) is 62.8 Å². The lowest BCUT2D eigenvalue weighted by atomic mass is 9.86. The summed E-state index contributed by atoms with van der Waals surface area (Å²) < 4.78 is 5.62. The van der Waals surface area contributed by atoms with Crippen LogP contribution in [0.15, 0.2) is 23.8 Å². The summed E-state index contributed by atoms with van der Waals surface area (Å²) in [5.74, 6) is -0.771. The van der Waals surface area contributed by atoms with Gasteiger partial charge in [-0.1, -0.05) is 44.6 Å². The lowest BCUT2D eigenvalue weighted by molar-refractivity contribution is -0.385. The largest absolute Gasteiger partial charge is 0.487 e. The van der Waals surface area contributed by atoms with Crippen LogP contribution in [0.25, 0.3) is 6.08 Å². The van der Waals surface area contributed by atoms with E-state index in [1.54, 1.807) is 0 Å². The number of benzene rings is 1. The van der Waals surface area contributed by atoms with Crippen LogP contribution in [0.2, 0.25) is 0 Å². The van der Waals surface area contributed by atoms with Crippen LogP contribution in [-0.4, -0.2) is 29.4 Å². The molecule has 0 bridgehead atoms. The van der Waals surface area contributed by atoms with Crippen molar-refractivity contribution in [2.45, 2.75) is 51.4 Å². The summed E-state index contributed by atoms with van der Waals surface area (Å²) in [5.41, 5.74) is -0.273. The number of urea groups is 1. The van der Waals surface area contributed by atoms with Gasteiger partial charge < -0.3 is 4.74 Å². The molecule has 9 nitrogen and oxygen atoms in total. The minimum Gasteiger partial charge on any atom is -0.487 e. The highest BCUT2D eigenvalue weighted by Gasteiger charge is 2.28. The van der Waals surface area contributed by atoms with Gasteiger partial charge in [0.15, 0.2) is 5.75 Å². The summed E-state index contributed by atoms with van der Waals surface area (Å²) in [6.45, 7) is 0.390. The number of ether oxygens (including phenoxy) is 1. The minimum absolute atomic E-state index is 0.146. The number of carbonyl (C=O) groups excluding carboxylic acids is 3. The zero-order valence-electron chi connectivity index (χ0n) is 16.6. The standard InChI is InChI=1S/C21H25N3O6/c25-19-16(20(26)23-21(27)22-19)12-15-9-10-18(17(13-15)24(28)29)30-11-5-4-8-14-6-2-1-3-7-14/h9-10,12-14H,1-8,11H2,(H2,22,23,25,26,27). The molecule has 0 radical (unpaired) electrons. The lowest BCUT2D eigenvalue weighted by Crippen LogP contribution is -2.51. The third-order valence-electron chi connectivity index (χ3n) is 5.42. The number of amides is 4. The van der Waals surface area contributed by atoms with E-state index in [0.717, 1.165) is 18.8 Å². The molecule has 2 N–H and O–H groups in total. The first-order valence-electron chi connectivity index (χ1n) is 10.2. The first-order chi connectivity index (χ1) is 14.4. The van der Waals surface area contributed by atoms with Gasteiger partial charge in [-0.05, 0) is 36.5 Å². The molecule has 1 aliphatic carbocycles. The number of imide groups is 2. The maximum absolute atomic E-state index is 11.8. The highest BCUT2D eigenvalue weighted by atomic mass is 16.6. The van der Waals surface area contributed by atoms with Crippen molar-refractivity contribution in [1.29, 1.82) is 0 Å². The fourth-order valence-electron chi connectivity index (χ4n) is 3.85. The predicted molar refractivity (Wildman–Crippen MR) is 109 cm³/mol. The second-order valence-corrected chi connectivity index (χ2v) is 7.63. The van der Waals surface area contributed by atoms with Gasteiger partial charge in [0.1, 0.15) is 5.57 Å². The van der Waals surface area contributed by atoms with Gasteiger partial charge >= 0.3 is 11.7 Å². The molecule has 1 saturated heterocycles. The molecule has 3 rings (SSSR count). The summed E-state index contributed by atoms with van der Waals surface area (Å²) in [5, 5.41) is 15.3. The molecule has 160 valence electrons. The Kier molecular flexibility index (Phi) is 7.16. The molecule has 1 aromatic carbocycles. The molecule has 2 fully saturated rings. The summed E-state index contributed by atoms with van der Waals surface area (Å²) >= 11 is 0. The third-order valence-corrected chi connectivity index (χ3v) is 5.42. The molecule has 0 atom stereocenters. The van der Waals surface area contributed by atoms with Gasteiger partial charge in [0.25, 0.3) is 11.8 Å². The van der Waals surface area contributed by atoms with Gasteiger partial charge in [-0.2, -0.15) is 0 Å². The van der Waals surface area contributed by atoms with Gasteiger partial charge in [0.2, 0.25) is 0 Å². The van der Waals surface area contributed by atoms with Crippen LogP contribution in [0, 0.1) is 16.0 Å². The predicted octanol–water partition coefficient (Wildman–Crippen LogP) is 3.47. The van der Waals surface area contributed by atoms with E-state index in [4.69, 9.17) is 4.74 Å². The Hall–Kier alpha value is -3.23. The number of nitro benzene ring substituents is 1. The Morgan fingerprint density at radius 3 is 2.43 bits per heavy atom. The van der Waals surface area contributed by atoms with Gasteiger partial charge in [-0.25, -0.2) is 4.79 Å². The van der Waals surface area contributed by atoms with Crippen LogP contribution in [0.5, 0.6) is 5.75 Å². The summed E-state index contributed by atoms with van der Waals surface area (Å²) in [4.78, 5) is 45.6. The topological polar surface area (TPSA) is 128 Å². The molecule has 1 aromatic rings. The number of carbonyl (C=O) groups is 3. The Balaban J connectivity index is 1.60. The van der Waals surface area contributed by atoms with Crippen molar-refractivity contribution in [3.8, 4) is 5.75 Å². The molecule has 2 aliphatic rings. The van der Waals surface area contributed by atoms with Crippen LogP contribution in [0.4, 0.5) is 10.5 Å². The number of nitrogens with one attached hydrogen (secondary N) is 2. The van der Waals surface area contributed by atoms with E-state index in [0.29, 0.717) is 6.61 Å². The van der Waals surface area contributed by atoms with E-state index in [-0.39, 0.29) is 22.6 Å². The molecule has 1 aliphatic heterocycles. The van der Waals surface area contributed by atoms with Crippen molar-refractivity contribution in [3.05, 3.63) is 39.4 Å². The van der Waals surface area contributed by atoms with E-state index < -0.39 is 22.8 Å². The van der Waals surface area contributed by atoms with Crippen molar-refractivity contribution in [3.63, 3.8) is 0 Å². The highest BCUT2D eigenvalue weighted by Crippen LogP contribution is 2.30. The molecule has 4 amide bonds. The number of rotatable bonds is 8. The molecule has 0 unspecified atom stereocenters. The number of barbiturate groups is 1. The van der Waals surface area contributed by atoms with E-state index in [9.17, 15) is 24.5 Å². The fourth-order valence-corrected chi connectivity index (χ4v) is 3.85. The minimum atomic E-state index is -0.902. The average molecular weight is 415 g/mol. The van der Waals surface area contributed by atoms with Crippen LogP contribution in [0.1, 0.15) is 56.9 Å². The van der Waals surface area contributed by atoms with Gasteiger partial charge in [0.05, 0.1) is 11.5 Å².